The molecule has 0 aliphatic carbocycles. The molecule has 0 radical (unpaired) electrons. The first-order valence-electron chi connectivity index (χ1n) is 6.52. The second-order valence-corrected chi connectivity index (χ2v) is 4.41. The second kappa shape index (κ2) is 7.19. The van der Waals surface area contributed by atoms with Gasteiger partial charge in [0.05, 0.1) is 0 Å². The molecule has 21 heavy (non-hydrogen) atoms. The number of anilines is 1. The van der Waals surface area contributed by atoms with Crippen molar-refractivity contribution in [1.82, 2.24) is 10.3 Å². The standard InChI is InChI=1S/C16H16FN3O/c1-2-8-18-14-7-9-19-15(10-14)16(21)20-11-12-3-5-13(17)6-4-12/h2-7,9-10H,1,8,11H2,(H,18,19)(H,20,21). The average molecular weight is 285 g/mol. The first kappa shape index (κ1) is 14.7. The van der Waals surface area contributed by atoms with Gasteiger partial charge < -0.3 is 10.6 Å². The van der Waals surface area contributed by atoms with Crippen molar-refractivity contribution in [3.05, 3.63) is 72.3 Å². The van der Waals surface area contributed by atoms with Crippen LogP contribution in [0.1, 0.15) is 16.1 Å². The molecule has 2 N–H and O–H groups in total. The summed E-state index contributed by atoms with van der Waals surface area (Å²) >= 11 is 0. The van der Waals surface area contributed by atoms with E-state index in [0.717, 1.165) is 11.3 Å². The summed E-state index contributed by atoms with van der Waals surface area (Å²) in [4.78, 5) is 16.1. The Labute approximate surface area is 122 Å². The van der Waals surface area contributed by atoms with E-state index in [-0.39, 0.29) is 11.7 Å². The number of pyridine rings is 1. The van der Waals surface area contributed by atoms with Crippen molar-refractivity contribution in [2.75, 3.05) is 11.9 Å². The molecule has 1 amide bonds. The van der Waals surface area contributed by atoms with Crippen LogP contribution >= 0.6 is 0 Å². The average Bonchev–Trinajstić information content (AvgIpc) is 2.52. The number of nitrogens with zero attached hydrogens (tertiary/aromatic N) is 1. The number of benzene rings is 1. The molecule has 2 aromatic rings. The lowest BCUT2D eigenvalue weighted by molar-refractivity contribution is 0.0946. The van der Waals surface area contributed by atoms with Crippen molar-refractivity contribution >= 4 is 11.6 Å². The van der Waals surface area contributed by atoms with Crippen molar-refractivity contribution in [2.45, 2.75) is 6.54 Å². The third-order valence-corrected chi connectivity index (χ3v) is 2.81. The molecule has 1 aromatic heterocycles. The molecule has 2 rings (SSSR count). The Morgan fingerprint density at radius 2 is 2.05 bits per heavy atom. The van der Waals surface area contributed by atoms with Gasteiger partial charge in [-0.15, -0.1) is 6.58 Å². The highest BCUT2D eigenvalue weighted by Crippen LogP contribution is 2.08. The van der Waals surface area contributed by atoms with Crippen molar-refractivity contribution in [1.29, 1.82) is 0 Å². The normalized spacial score (nSPS) is 9.95. The van der Waals surface area contributed by atoms with E-state index in [1.54, 1.807) is 36.5 Å². The largest absolute Gasteiger partial charge is 0.381 e. The van der Waals surface area contributed by atoms with Gasteiger partial charge in [0.2, 0.25) is 0 Å². The van der Waals surface area contributed by atoms with Gasteiger partial charge in [-0.1, -0.05) is 18.2 Å². The Hall–Kier alpha value is -2.69. The maximum atomic E-state index is 12.8. The molecule has 0 aliphatic rings. The molecular weight excluding hydrogens is 269 g/mol. The molecule has 0 saturated carbocycles. The maximum Gasteiger partial charge on any atom is 0.270 e. The number of carbonyl (C=O) groups excluding carboxylic acids is 1. The molecule has 1 aromatic carbocycles. The molecular formula is C16H16FN3O. The van der Waals surface area contributed by atoms with E-state index < -0.39 is 0 Å². The van der Waals surface area contributed by atoms with E-state index in [9.17, 15) is 9.18 Å². The van der Waals surface area contributed by atoms with Gasteiger partial charge in [-0.25, -0.2) is 4.39 Å². The zero-order chi connectivity index (χ0) is 15.1. The van der Waals surface area contributed by atoms with Crippen LogP contribution in [0.3, 0.4) is 0 Å². The van der Waals surface area contributed by atoms with Gasteiger partial charge in [-0.2, -0.15) is 0 Å². The van der Waals surface area contributed by atoms with Crippen LogP contribution in [0, 0.1) is 5.82 Å². The molecule has 0 fully saturated rings. The zero-order valence-corrected chi connectivity index (χ0v) is 11.5. The zero-order valence-electron chi connectivity index (χ0n) is 11.5. The Kier molecular flexibility index (Phi) is 5.04. The molecule has 0 spiro atoms. The quantitative estimate of drug-likeness (QED) is 0.802. The van der Waals surface area contributed by atoms with Crippen LogP contribution in [-0.2, 0) is 6.54 Å². The van der Waals surface area contributed by atoms with Crippen molar-refractivity contribution in [3.8, 4) is 0 Å². The number of halogens is 1. The van der Waals surface area contributed by atoms with Crippen LogP contribution in [0.4, 0.5) is 10.1 Å². The molecule has 4 nitrogen and oxygen atoms in total. The SMILES string of the molecule is C=CCNc1ccnc(C(=O)NCc2ccc(F)cc2)c1. The molecule has 0 unspecified atom stereocenters. The minimum Gasteiger partial charge on any atom is -0.381 e. The number of amides is 1. The highest BCUT2D eigenvalue weighted by molar-refractivity contribution is 5.93. The lowest BCUT2D eigenvalue weighted by Gasteiger charge is -2.07. The number of nitrogens with one attached hydrogen (secondary N) is 2. The Morgan fingerprint density at radius 1 is 1.29 bits per heavy atom. The summed E-state index contributed by atoms with van der Waals surface area (Å²) in [6.45, 7) is 4.55. The number of rotatable bonds is 6. The molecule has 0 atom stereocenters. The summed E-state index contributed by atoms with van der Waals surface area (Å²) < 4.78 is 12.8. The van der Waals surface area contributed by atoms with E-state index >= 15 is 0 Å². The summed E-state index contributed by atoms with van der Waals surface area (Å²) in [5, 5.41) is 5.84. The summed E-state index contributed by atoms with van der Waals surface area (Å²) in [5.74, 6) is -0.575. The van der Waals surface area contributed by atoms with Crippen LogP contribution in [-0.4, -0.2) is 17.4 Å². The summed E-state index contributed by atoms with van der Waals surface area (Å²) in [5.41, 5.74) is 1.95. The first-order valence-corrected chi connectivity index (χ1v) is 6.52. The van der Waals surface area contributed by atoms with Gasteiger partial charge in [-0.3, -0.25) is 9.78 Å². The van der Waals surface area contributed by atoms with Gasteiger partial charge in [0.1, 0.15) is 11.5 Å². The Bertz CT molecular complexity index is 626. The van der Waals surface area contributed by atoms with Crippen molar-refractivity contribution in [2.24, 2.45) is 0 Å². The number of carbonyl (C=O) groups is 1. The fraction of sp³-hybridized carbons (Fsp3) is 0.125. The fourth-order valence-corrected chi connectivity index (χ4v) is 1.73. The van der Waals surface area contributed by atoms with Crippen molar-refractivity contribution in [3.63, 3.8) is 0 Å². The van der Waals surface area contributed by atoms with Crippen molar-refractivity contribution < 1.29 is 9.18 Å². The van der Waals surface area contributed by atoms with E-state index in [0.29, 0.717) is 18.8 Å². The van der Waals surface area contributed by atoms with Crippen LogP contribution in [0.15, 0.2) is 55.3 Å². The third kappa shape index (κ3) is 4.42. The van der Waals surface area contributed by atoms with E-state index in [2.05, 4.69) is 22.2 Å². The minimum atomic E-state index is -0.298. The molecule has 1 heterocycles. The van der Waals surface area contributed by atoms with Gasteiger partial charge in [-0.05, 0) is 29.8 Å². The first-order chi connectivity index (χ1) is 10.2. The van der Waals surface area contributed by atoms with Gasteiger partial charge in [0.25, 0.3) is 5.91 Å². The summed E-state index contributed by atoms with van der Waals surface area (Å²) in [6, 6.07) is 9.43. The van der Waals surface area contributed by atoms with Gasteiger partial charge in [0.15, 0.2) is 0 Å². The molecule has 0 bridgehead atoms. The fourth-order valence-electron chi connectivity index (χ4n) is 1.73. The second-order valence-electron chi connectivity index (χ2n) is 4.41. The Balaban J connectivity index is 1.96. The summed E-state index contributed by atoms with van der Waals surface area (Å²) in [6.07, 6.45) is 3.30. The molecule has 0 saturated heterocycles. The summed E-state index contributed by atoms with van der Waals surface area (Å²) in [7, 11) is 0. The molecule has 108 valence electrons. The molecule has 5 heteroatoms. The topological polar surface area (TPSA) is 54.0 Å². The highest BCUT2D eigenvalue weighted by atomic mass is 19.1. The highest BCUT2D eigenvalue weighted by Gasteiger charge is 2.07. The Morgan fingerprint density at radius 3 is 2.76 bits per heavy atom. The number of hydrogen-bond donors (Lipinski definition) is 2. The third-order valence-electron chi connectivity index (χ3n) is 2.81. The van der Waals surface area contributed by atoms with Crippen LogP contribution in [0.5, 0.6) is 0 Å². The number of aromatic nitrogens is 1. The lowest BCUT2D eigenvalue weighted by atomic mass is 10.2. The smallest absolute Gasteiger partial charge is 0.270 e. The van der Waals surface area contributed by atoms with Gasteiger partial charge >= 0.3 is 0 Å². The van der Waals surface area contributed by atoms with E-state index in [1.807, 2.05) is 0 Å². The van der Waals surface area contributed by atoms with Crippen LogP contribution in [0.25, 0.3) is 0 Å². The predicted molar refractivity (Wildman–Crippen MR) is 80.5 cm³/mol. The van der Waals surface area contributed by atoms with E-state index in [1.165, 1.54) is 12.1 Å². The van der Waals surface area contributed by atoms with E-state index in [4.69, 9.17) is 0 Å². The van der Waals surface area contributed by atoms with Crippen LogP contribution in [0.2, 0.25) is 0 Å². The number of hydrogen-bond acceptors (Lipinski definition) is 3. The maximum absolute atomic E-state index is 12.8. The minimum absolute atomic E-state index is 0.276. The predicted octanol–water partition coefficient (Wildman–Crippen LogP) is 2.75. The van der Waals surface area contributed by atoms with Crippen LogP contribution < -0.4 is 10.6 Å². The lowest BCUT2D eigenvalue weighted by Crippen LogP contribution is -2.23. The monoisotopic (exact) mass is 285 g/mol. The van der Waals surface area contributed by atoms with Gasteiger partial charge in [0, 0.05) is 25.0 Å². The molecule has 0 aliphatic heterocycles.